The molecule has 0 aliphatic heterocycles. The summed E-state index contributed by atoms with van der Waals surface area (Å²) in [4.78, 5) is 36.5. The molecule has 0 spiro atoms. The monoisotopic (exact) mass is 311 g/mol. The van der Waals surface area contributed by atoms with Crippen LogP contribution in [-0.2, 0) is 4.79 Å². The summed E-state index contributed by atoms with van der Waals surface area (Å²) in [6.45, 7) is 4.49. The highest BCUT2D eigenvalue weighted by Crippen LogP contribution is 2.17. The minimum atomic E-state index is -0.985. The first kappa shape index (κ1) is 17.5. The van der Waals surface area contributed by atoms with Crippen molar-refractivity contribution in [3.63, 3.8) is 0 Å². The second kappa shape index (κ2) is 7.48. The number of nitro groups is 1. The quantitative estimate of drug-likeness (QED) is 0.591. The van der Waals surface area contributed by atoms with Crippen LogP contribution in [0.25, 0.3) is 0 Å². The fourth-order valence-corrected chi connectivity index (χ4v) is 1.95. The zero-order valence-electron chi connectivity index (χ0n) is 12.7. The van der Waals surface area contributed by atoms with Gasteiger partial charge in [0.1, 0.15) is 5.82 Å². The van der Waals surface area contributed by atoms with Gasteiger partial charge in [-0.25, -0.2) is 4.39 Å². The summed E-state index contributed by atoms with van der Waals surface area (Å²) in [5, 5.41) is 10.5. The first-order chi connectivity index (χ1) is 10.3. The molecule has 8 heteroatoms. The van der Waals surface area contributed by atoms with Crippen LogP contribution < -0.4 is 0 Å². The first-order valence-electron chi connectivity index (χ1n) is 6.78. The van der Waals surface area contributed by atoms with Gasteiger partial charge in [-0.3, -0.25) is 19.7 Å². The van der Waals surface area contributed by atoms with E-state index >= 15 is 0 Å². The van der Waals surface area contributed by atoms with Crippen molar-refractivity contribution in [2.75, 3.05) is 26.7 Å². The molecule has 0 aliphatic rings. The maximum absolute atomic E-state index is 13.8. The lowest BCUT2D eigenvalue weighted by Gasteiger charge is -2.23. The molecule has 0 saturated heterocycles. The van der Waals surface area contributed by atoms with Gasteiger partial charge in [0.25, 0.3) is 11.6 Å². The Morgan fingerprint density at radius 3 is 2.32 bits per heavy atom. The highest BCUT2D eigenvalue weighted by atomic mass is 19.1. The Morgan fingerprint density at radius 2 is 1.86 bits per heavy atom. The molecule has 0 unspecified atom stereocenters. The number of halogens is 1. The van der Waals surface area contributed by atoms with Crippen molar-refractivity contribution in [1.82, 2.24) is 9.80 Å². The Bertz CT molecular complexity index is 587. The molecule has 0 heterocycles. The van der Waals surface area contributed by atoms with Gasteiger partial charge >= 0.3 is 0 Å². The smallest absolute Gasteiger partial charge is 0.272 e. The SMILES string of the molecule is CCN(CC)C(=O)CN(C)C(=O)c1ccc([N+](=O)[O-])cc1F. The third kappa shape index (κ3) is 4.00. The molecule has 0 atom stereocenters. The molecule has 0 aliphatic carbocycles. The number of non-ortho nitro benzene ring substituents is 1. The van der Waals surface area contributed by atoms with Crippen LogP contribution in [0.4, 0.5) is 10.1 Å². The summed E-state index contributed by atoms with van der Waals surface area (Å²) in [7, 11) is 1.38. The molecule has 1 aromatic carbocycles. The van der Waals surface area contributed by atoms with E-state index in [-0.39, 0.29) is 18.0 Å². The summed E-state index contributed by atoms with van der Waals surface area (Å²) < 4.78 is 13.8. The van der Waals surface area contributed by atoms with Crippen LogP contribution >= 0.6 is 0 Å². The molecule has 0 fully saturated rings. The number of likely N-dealkylation sites (N-methyl/N-ethyl adjacent to an activating group) is 2. The highest BCUT2D eigenvalue weighted by molar-refractivity contribution is 5.96. The van der Waals surface area contributed by atoms with E-state index in [1.807, 2.05) is 13.8 Å². The zero-order chi connectivity index (χ0) is 16.9. The molecule has 1 aromatic rings. The average Bonchev–Trinajstić information content (AvgIpc) is 2.47. The number of benzene rings is 1. The highest BCUT2D eigenvalue weighted by Gasteiger charge is 2.22. The van der Waals surface area contributed by atoms with Gasteiger partial charge in [0, 0.05) is 26.2 Å². The number of nitrogens with zero attached hydrogens (tertiary/aromatic N) is 3. The first-order valence-corrected chi connectivity index (χ1v) is 6.78. The van der Waals surface area contributed by atoms with Crippen molar-refractivity contribution in [3.05, 3.63) is 39.7 Å². The van der Waals surface area contributed by atoms with Crippen LogP contribution in [0.5, 0.6) is 0 Å². The average molecular weight is 311 g/mol. The molecule has 2 amide bonds. The Hall–Kier alpha value is -2.51. The standard InChI is InChI=1S/C14H18FN3O4/c1-4-17(5-2)13(19)9-16(3)14(20)11-7-6-10(18(21)22)8-12(11)15/h6-8H,4-5,9H2,1-3H3. The van der Waals surface area contributed by atoms with Crippen LogP contribution in [0.2, 0.25) is 0 Å². The molecule has 7 nitrogen and oxygen atoms in total. The third-order valence-electron chi connectivity index (χ3n) is 3.23. The second-order valence-electron chi connectivity index (χ2n) is 4.65. The van der Waals surface area contributed by atoms with Gasteiger partial charge in [0.15, 0.2) is 0 Å². The largest absolute Gasteiger partial charge is 0.342 e. The van der Waals surface area contributed by atoms with Crippen molar-refractivity contribution < 1.29 is 18.9 Å². The molecule has 0 aromatic heterocycles. The second-order valence-corrected chi connectivity index (χ2v) is 4.65. The molecule has 1 rings (SSSR count). The maximum atomic E-state index is 13.8. The fraction of sp³-hybridized carbons (Fsp3) is 0.429. The summed E-state index contributed by atoms with van der Waals surface area (Å²) >= 11 is 0. The van der Waals surface area contributed by atoms with Crippen LogP contribution in [-0.4, -0.2) is 53.2 Å². The van der Waals surface area contributed by atoms with E-state index in [1.165, 1.54) is 7.05 Å². The third-order valence-corrected chi connectivity index (χ3v) is 3.23. The predicted octanol–water partition coefficient (Wildman–Crippen LogP) is 1.67. The van der Waals surface area contributed by atoms with Gasteiger partial charge in [0.05, 0.1) is 23.1 Å². The Labute approximate surface area is 127 Å². The number of hydrogen-bond donors (Lipinski definition) is 0. The van der Waals surface area contributed by atoms with E-state index < -0.39 is 22.3 Å². The van der Waals surface area contributed by atoms with E-state index in [4.69, 9.17) is 0 Å². The minimum Gasteiger partial charge on any atom is -0.342 e. The van der Waals surface area contributed by atoms with Crippen molar-refractivity contribution in [1.29, 1.82) is 0 Å². The molecule has 120 valence electrons. The van der Waals surface area contributed by atoms with Gasteiger partial charge in [0.2, 0.25) is 5.91 Å². The molecular weight excluding hydrogens is 293 g/mol. The van der Waals surface area contributed by atoms with Gasteiger partial charge in [-0.15, -0.1) is 0 Å². The number of amides is 2. The Morgan fingerprint density at radius 1 is 1.27 bits per heavy atom. The summed E-state index contributed by atoms with van der Waals surface area (Å²) in [5.41, 5.74) is -0.739. The maximum Gasteiger partial charge on any atom is 0.272 e. The molecular formula is C14H18FN3O4. The van der Waals surface area contributed by atoms with Crippen molar-refractivity contribution >= 4 is 17.5 Å². The fourth-order valence-electron chi connectivity index (χ4n) is 1.95. The topological polar surface area (TPSA) is 83.8 Å². The van der Waals surface area contributed by atoms with E-state index in [1.54, 1.807) is 4.90 Å². The molecule has 22 heavy (non-hydrogen) atoms. The Kier molecular flexibility index (Phi) is 5.97. The van der Waals surface area contributed by atoms with Gasteiger partial charge in [-0.1, -0.05) is 0 Å². The van der Waals surface area contributed by atoms with Gasteiger partial charge in [-0.2, -0.15) is 0 Å². The lowest BCUT2D eigenvalue weighted by molar-refractivity contribution is -0.385. The normalized spacial score (nSPS) is 10.2. The lowest BCUT2D eigenvalue weighted by Crippen LogP contribution is -2.41. The van der Waals surface area contributed by atoms with Crippen molar-refractivity contribution in [2.24, 2.45) is 0 Å². The van der Waals surface area contributed by atoms with Gasteiger partial charge in [-0.05, 0) is 19.9 Å². The molecule has 0 radical (unpaired) electrons. The van der Waals surface area contributed by atoms with E-state index in [0.29, 0.717) is 19.2 Å². The minimum absolute atomic E-state index is 0.184. The van der Waals surface area contributed by atoms with Crippen LogP contribution in [0, 0.1) is 15.9 Å². The predicted molar refractivity (Wildman–Crippen MR) is 77.9 cm³/mol. The van der Waals surface area contributed by atoms with Crippen molar-refractivity contribution in [2.45, 2.75) is 13.8 Å². The molecule has 0 bridgehead atoms. The van der Waals surface area contributed by atoms with Crippen LogP contribution in [0.15, 0.2) is 18.2 Å². The van der Waals surface area contributed by atoms with E-state index in [0.717, 1.165) is 17.0 Å². The number of carbonyl (C=O) groups excluding carboxylic acids is 2. The van der Waals surface area contributed by atoms with Crippen molar-refractivity contribution in [3.8, 4) is 0 Å². The van der Waals surface area contributed by atoms with Crippen LogP contribution in [0.1, 0.15) is 24.2 Å². The van der Waals surface area contributed by atoms with Crippen LogP contribution in [0.3, 0.4) is 0 Å². The molecule has 0 N–H and O–H groups in total. The summed E-state index contributed by atoms with van der Waals surface area (Å²) in [6.07, 6.45) is 0. The summed E-state index contributed by atoms with van der Waals surface area (Å²) in [5.74, 6) is -1.93. The van der Waals surface area contributed by atoms with E-state index in [9.17, 15) is 24.1 Å². The van der Waals surface area contributed by atoms with E-state index in [2.05, 4.69) is 0 Å². The number of hydrogen-bond acceptors (Lipinski definition) is 4. The summed E-state index contributed by atoms with van der Waals surface area (Å²) in [6, 6.07) is 2.79. The lowest BCUT2D eigenvalue weighted by atomic mass is 10.1. The zero-order valence-corrected chi connectivity index (χ0v) is 12.7. The number of rotatable bonds is 6. The van der Waals surface area contributed by atoms with Gasteiger partial charge < -0.3 is 9.80 Å². The molecule has 0 saturated carbocycles. The number of nitro benzene ring substituents is 1. The number of carbonyl (C=O) groups is 2. The Balaban J connectivity index is 2.87.